The number of halogens is 2. The third-order valence-electron chi connectivity index (χ3n) is 3.44. The van der Waals surface area contributed by atoms with E-state index in [-0.39, 0.29) is 16.9 Å². The van der Waals surface area contributed by atoms with Crippen molar-refractivity contribution in [2.45, 2.75) is 19.8 Å². The van der Waals surface area contributed by atoms with Gasteiger partial charge in [-0.1, -0.05) is 13.8 Å². The van der Waals surface area contributed by atoms with E-state index in [1.165, 1.54) is 0 Å². The summed E-state index contributed by atoms with van der Waals surface area (Å²) in [6.45, 7) is 4.14. The summed E-state index contributed by atoms with van der Waals surface area (Å²) in [4.78, 5) is 7.61. The zero-order chi connectivity index (χ0) is 15.9. The zero-order valence-electron chi connectivity index (χ0n) is 12.3. The first-order chi connectivity index (χ1) is 10.5. The molecule has 3 heterocycles. The Morgan fingerprint density at radius 3 is 2.73 bits per heavy atom. The van der Waals surface area contributed by atoms with Gasteiger partial charge in [-0.2, -0.15) is 5.10 Å². The zero-order valence-corrected chi connectivity index (χ0v) is 13.1. The van der Waals surface area contributed by atoms with E-state index in [0.29, 0.717) is 11.4 Å². The van der Waals surface area contributed by atoms with E-state index >= 15 is 0 Å². The lowest BCUT2D eigenvalue weighted by atomic mass is 10.0. The molecule has 0 aliphatic heterocycles. The van der Waals surface area contributed by atoms with Crippen LogP contribution in [-0.2, 0) is 0 Å². The maximum atomic E-state index is 14.0. The molecule has 0 N–H and O–H groups in total. The summed E-state index contributed by atoms with van der Waals surface area (Å²) in [5.41, 5.74) is 2.59. The molecular formula is C15H14ClFN4O. The van der Waals surface area contributed by atoms with Crippen molar-refractivity contribution >= 4 is 17.1 Å². The van der Waals surface area contributed by atoms with E-state index in [4.69, 9.17) is 16.3 Å². The Bertz CT molecular complexity index is 847. The number of pyridine rings is 1. The lowest BCUT2D eigenvalue weighted by molar-refractivity contribution is 0.386. The van der Waals surface area contributed by atoms with Crippen LogP contribution in [0.4, 0.5) is 4.39 Å². The number of fused-ring (bicyclic) bond motifs is 1. The quantitative estimate of drug-likeness (QED) is 0.690. The molecule has 0 spiro atoms. The molecule has 0 radical (unpaired) electrons. The average Bonchev–Trinajstić information content (AvgIpc) is 2.92. The molecule has 0 aliphatic carbocycles. The van der Waals surface area contributed by atoms with Gasteiger partial charge in [0.15, 0.2) is 5.82 Å². The van der Waals surface area contributed by atoms with Crippen LogP contribution in [0.1, 0.15) is 25.3 Å². The Balaban J connectivity index is 2.30. The van der Waals surface area contributed by atoms with Gasteiger partial charge in [-0.15, -0.1) is 0 Å². The molecule has 0 saturated heterocycles. The Labute approximate surface area is 131 Å². The van der Waals surface area contributed by atoms with E-state index in [2.05, 4.69) is 28.9 Å². The standard InChI is InChI=1S/C15H14ClFN4O/c1-8(2)10-6-19-21-12(10)4-9(5-13(21)22-3)14-11(17)7-18-15(16)20-14/h4-8H,1-3H3. The van der Waals surface area contributed by atoms with Gasteiger partial charge in [0.2, 0.25) is 11.2 Å². The predicted molar refractivity (Wildman–Crippen MR) is 81.8 cm³/mol. The van der Waals surface area contributed by atoms with E-state index in [9.17, 15) is 4.39 Å². The lowest BCUT2D eigenvalue weighted by Gasteiger charge is -2.10. The number of ether oxygens (including phenoxy) is 1. The minimum Gasteiger partial charge on any atom is -0.481 e. The van der Waals surface area contributed by atoms with Gasteiger partial charge in [0.1, 0.15) is 5.69 Å². The van der Waals surface area contributed by atoms with Crippen LogP contribution < -0.4 is 4.74 Å². The summed E-state index contributed by atoms with van der Waals surface area (Å²) >= 11 is 5.78. The fourth-order valence-electron chi connectivity index (χ4n) is 2.35. The van der Waals surface area contributed by atoms with Crippen LogP contribution in [-0.4, -0.2) is 26.7 Å². The maximum Gasteiger partial charge on any atom is 0.223 e. The minimum atomic E-state index is -0.540. The van der Waals surface area contributed by atoms with Gasteiger partial charge in [0.05, 0.1) is 25.0 Å². The summed E-state index contributed by atoms with van der Waals surface area (Å²) in [6.07, 6.45) is 2.84. The van der Waals surface area contributed by atoms with Crippen LogP contribution in [0.2, 0.25) is 5.28 Å². The number of hydrogen-bond donors (Lipinski definition) is 0. The highest BCUT2D eigenvalue weighted by Crippen LogP contribution is 2.30. The van der Waals surface area contributed by atoms with Gasteiger partial charge >= 0.3 is 0 Å². The second kappa shape index (κ2) is 5.53. The fraction of sp³-hybridized carbons (Fsp3) is 0.267. The van der Waals surface area contributed by atoms with E-state index < -0.39 is 5.82 Å². The van der Waals surface area contributed by atoms with Crippen molar-refractivity contribution in [3.8, 4) is 17.1 Å². The highest BCUT2D eigenvalue weighted by Gasteiger charge is 2.16. The van der Waals surface area contributed by atoms with E-state index in [1.54, 1.807) is 23.9 Å². The number of hydrogen-bond acceptors (Lipinski definition) is 4. The molecular weight excluding hydrogens is 307 g/mol. The highest BCUT2D eigenvalue weighted by molar-refractivity contribution is 6.28. The molecule has 0 bridgehead atoms. The Kier molecular flexibility index (Phi) is 3.70. The fourth-order valence-corrected chi connectivity index (χ4v) is 2.48. The molecule has 0 unspecified atom stereocenters. The molecule has 0 amide bonds. The normalized spacial score (nSPS) is 11.4. The monoisotopic (exact) mass is 320 g/mol. The topological polar surface area (TPSA) is 52.3 Å². The molecule has 3 rings (SSSR count). The van der Waals surface area contributed by atoms with Gasteiger partial charge in [0, 0.05) is 17.2 Å². The summed E-state index contributed by atoms with van der Waals surface area (Å²) in [5, 5.41) is 4.32. The van der Waals surface area contributed by atoms with Crippen LogP contribution in [0.25, 0.3) is 16.8 Å². The van der Waals surface area contributed by atoms with Gasteiger partial charge in [-0.3, -0.25) is 0 Å². The molecule has 0 saturated carbocycles. The van der Waals surface area contributed by atoms with Gasteiger partial charge < -0.3 is 4.74 Å². The van der Waals surface area contributed by atoms with E-state index in [1.807, 2.05) is 6.07 Å². The molecule has 7 heteroatoms. The number of rotatable bonds is 3. The van der Waals surface area contributed by atoms with Crippen LogP contribution in [0.15, 0.2) is 24.5 Å². The second-order valence-electron chi connectivity index (χ2n) is 5.17. The first kappa shape index (κ1) is 14.7. The molecule has 3 aromatic rings. The lowest BCUT2D eigenvalue weighted by Crippen LogP contribution is -1.99. The van der Waals surface area contributed by atoms with Crippen molar-refractivity contribution in [3.63, 3.8) is 0 Å². The van der Waals surface area contributed by atoms with Crippen molar-refractivity contribution in [2.24, 2.45) is 0 Å². The molecule has 0 aliphatic rings. The second-order valence-corrected chi connectivity index (χ2v) is 5.51. The molecule has 5 nitrogen and oxygen atoms in total. The molecule has 3 aromatic heterocycles. The average molecular weight is 321 g/mol. The minimum absolute atomic E-state index is 0.00664. The predicted octanol–water partition coefficient (Wildman–Crippen LogP) is 3.72. The van der Waals surface area contributed by atoms with Gasteiger partial charge in [-0.25, -0.2) is 18.9 Å². The maximum absolute atomic E-state index is 14.0. The van der Waals surface area contributed by atoms with Crippen molar-refractivity contribution in [1.29, 1.82) is 0 Å². The summed E-state index contributed by atoms with van der Waals surface area (Å²) in [5.74, 6) is 0.228. The third kappa shape index (κ3) is 2.39. The largest absolute Gasteiger partial charge is 0.481 e. The molecule has 0 atom stereocenters. The summed E-state index contributed by atoms with van der Waals surface area (Å²) < 4.78 is 21.1. The SMILES string of the molecule is COc1cc(-c2nc(Cl)ncc2F)cc2c(C(C)C)cnn12. The number of aromatic nitrogens is 4. The van der Waals surface area contributed by atoms with Crippen LogP contribution in [0.5, 0.6) is 5.88 Å². The highest BCUT2D eigenvalue weighted by atomic mass is 35.5. The molecule has 0 fully saturated rings. The van der Waals surface area contributed by atoms with Crippen LogP contribution >= 0.6 is 11.6 Å². The first-order valence-corrected chi connectivity index (χ1v) is 7.13. The van der Waals surface area contributed by atoms with Crippen molar-refractivity contribution < 1.29 is 9.13 Å². The number of nitrogens with zero attached hydrogens (tertiary/aromatic N) is 4. The van der Waals surface area contributed by atoms with Gasteiger partial charge in [-0.05, 0) is 23.6 Å². The third-order valence-corrected chi connectivity index (χ3v) is 3.62. The van der Waals surface area contributed by atoms with Crippen molar-refractivity contribution in [2.75, 3.05) is 7.11 Å². The van der Waals surface area contributed by atoms with E-state index in [0.717, 1.165) is 17.3 Å². The smallest absolute Gasteiger partial charge is 0.223 e. The van der Waals surface area contributed by atoms with Crippen molar-refractivity contribution in [3.05, 3.63) is 41.2 Å². The Morgan fingerprint density at radius 1 is 1.27 bits per heavy atom. The van der Waals surface area contributed by atoms with Crippen LogP contribution in [0, 0.1) is 5.82 Å². The molecule has 114 valence electrons. The first-order valence-electron chi connectivity index (χ1n) is 6.75. The Morgan fingerprint density at radius 2 is 2.05 bits per heavy atom. The number of methoxy groups -OCH3 is 1. The molecule has 0 aromatic carbocycles. The van der Waals surface area contributed by atoms with Gasteiger partial charge in [0.25, 0.3) is 0 Å². The summed E-state index contributed by atoms with van der Waals surface area (Å²) in [7, 11) is 1.54. The van der Waals surface area contributed by atoms with Crippen LogP contribution in [0.3, 0.4) is 0 Å². The molecule has 22 heavy (non-hydrogen) atoms. The Hall–Kier alpha value is -2.21. The van der Waals surface area contributed by atoms with Crippen molar-refractivity contribution in [1.82, 2.24) is 19.6 Å². The summed E-state index contributed by atoms with van der Waals surface area (Å²) in [6, 6.07) is 3.50.